The van der Waals surface area contributed by atoms with Crippen molar-refractivity contribution in [1.29, 1.82) is 0 Å². The third-order valence-corrected chi connectivity index (χ3v) is 4.36. The number of hydrogen-bond acceptors (Lipinski definition) is 4. The Balaban J connectivity index is 2.37. The lowest BCUT2D eigenvalue weighted by atomic mass is 9.97. The van der Waals surface area contributed by atoms with Gasteiger partial charge in [0.15, 0.2) is 0 Å². The second-order valence-corrected chi connectivity index (χ2v) is 6.10. The quantitative estimate of drug-likeness (QED) is 0.773. The maximum absolute atomic E-state index is 12.0. The average Bonchev–Trinajstić information content (AvgIpc) is 2.72. The Morgan fingerprint density at radius 2 is 2.05 bits per heavy atom. The van der Waals surface area contributed by atoms with Crippen LogP contribution in [-0.4, -0.2) is 28.5 Å². The Kier molecular flexibility index (Phi) is 6.64. The zero-order chi connectivity index (χ0) is 15.1. The van der Waals surface area contributed by atoms with Crippen molar-refractivity contribution in [2.24, 2.45) is 5.92 Å². The van der Waals surface area contributed by atoms with Gasteiger partial charge in [-0.25, -0.2) is 4.98 Å². The first-order valence-corrected chi connectivity index (χ1v) is 7.69. The second-order valence-electron chi connectivity index (χ2n) is 4.90. The molecular formula is C14H22N2O3S. The number of nitrogens with one attached hydrogen (secondary N) is 1. The Bertz CT molecular complexity index is 471. The molecule has 0 spiro atoms. The van der Waals surface area contributed by atoms with Crippen LogP contribution in [0.2, 0.25) is 0 Å². The fourth-order valence-corrected chi connectivity index (χ4v) is 2.93. The molecule has 0 aliphatic rings. The molecule has 112 valence electrons. The molecule has 6 heteroatoms. The van der Waals surface area contributed by atoms with Crippen LogP contribution in [0, 0.1) is 19.8 Å². The van der Waals surface area contributed by atoms with Crippen LogP contribution >= 0.6 is 11.3 Å². The van der Waals surface area contributed by atoms with Gasteiger partial charge in [-0.1, -0.05) is 13.3 Å². The average molecular weight is 298 g/mol. The minimum Gasteiger partial charge on any atom is -0.481 e. The minimum atomic E-state index is -0.761. The van der Waals surface area contributed by atoms with Crippen LogP contribution < -0.4 is 5.32 Å². The second kappa shape index (κ2) is 7.99. The van der Waals surface area contributed by atoms with Gasteiger partial charge >= 0.3 is 5.97 Å². The molecule has 0 aliphatic carbocycles. The Hall–Kier alpha value is -1.43. The molecule has 0 radical (unpaired) electrons. The molecule has 1 unspecified atom stereocenters. The third kappa shape index (κ3) is 5.28. The Labute approximate surface area is 123 Å². The molecule has 2 N–H and O–H groups in total. The molecule has 20 heavy (non-hydrogen) atoms. The lowest BCUT2D eigenvalue weighted by Crippen LogP contribution is -2.25. The smallest absolute Gasteiger partial charge is 0.303 e. The molecular weight excluding hydrogens is 276 g/mol. The van der Waals surface area contributed by atoms with E-state index in [0.717, 1.165) is 23.5 Å². The molecule has 1 aromatic rings. The molecule has 1 rings (SSSR count). The van der Waals surface area contributed by atoms with Crippen LogP contribution in [0.25, 0.3) is 0 Å². The summed E-state index contributed by atoms with van der Waals surface area (Å²) >= 11 is 1.40. The number of rotatable bonds is 8. The lowest BCUT2D eigenvalue weighted by molar-refractivity contribution is -0.137. The van der Waals surface area contributed by atoms with Gasteiger partial charge in [-0.2, -0.15) is 0 Å². The van der Waals surface area contributed by atoms with E-state index in [1.807, 2.05) is 20.8 Å². The standard InChI is InChI=1S/C14H22N2O3S/c1-4-11(5-6-12(17)18)7-8-15-14(19)13-9(2)16-10(3)20-13/h11H,4-8H2,1-3H3,(H,15,19)(H,17,18). The van der Waals surface area contributed by atoms with Crippen LogP contribution in [0.1, 0.15) is 53.0 Å². The van der Waals surface area contributed by atoms with Crippen molar-refractivity contribution in [1.82, 2.24) is 10.3 Å². The van der Waals surface area contributed by atoms with Crippen LogP contribution in [0.15, 0.2) is 0 Å². The van der Waals surface area contributed by atoms with Gasteiger partial charge in [-0.15, -0.1) is 11.3 Å². The van der Waals surface area contributed by atoms with Gasteiger partial charge in [0.25, 0.3) is 5.91 Å². The van der Waals surface area contributed by atoms with Gasteiger partial charge in [-0.05, 0) is 32.6 Å². The summed E-state index contributed by atoms with van der Waals surface area (Å²) < 4.78 is 0. The Morgan fingerprint density at radius 3 is 2.55 bits per heavy atom. The predicted octanol–water partition coefficient (Wildman–Crippen LogP) is 2.77. The van der Waals surface area contributed by atoms with Gasteiger partial charge in [-0.3, -0.25) is 9.59 Å². The van der Waals surface area contributed by atoms with E-state index in [1.165, 1.54) is 11.3 Å². The number of thiazole rings is 1. The van der Waals surface area contributed by atoms with Gasteiger partial charge in [0.1, 0.15) is 4.88 Å². The topological polar surface area (TPSA) is 79.3 Å². The molecule has 1 amide bonds. The number of aryl methyl sites for hydroxylation is 2. The normalized spacial score (nSPS) is 12.2. The van der Waals surface area contributed by atoms with Crippen molar-refractivity contribution >= 4 is 23.2 Å². The first-order chi connectivity index (χ1) is 9.43. The summed E-state index contributed by atoms with van der Waals surface area (Å²) in [4.78, 5) is 27.4. The number of carbonyl (C=O) groups is 2. The van der Waals surface area contributed by atoms with Crippen LogP contribution in [-0.2, 0) is 4.79 Å². The first kappa shape index (κ1) is 16.6. The molecule has 0 aliphatic heterocycles. The van der Waals surface area contributed by atoms with E-state index in [9.17, 15) is 9.59 Å². The number of nitrogens with zero attached hydrogens (tertiary/aromatic N) is 1. The number of carbonyl (C=O) groups excluding carboxylic acids is 1. The highest BCUT2D eigenvalue weighted by molar-refractivity contribution is 7.13. The van der Waals surface area contributed by atoms with E-state index in [1.54, 1.807) is 0 Å². The summed E-state index contributed by atoms with van der Waals surface area (Å²) in [7, 11) is 0. The fraction of sp³-hybridized carbons (Fsp3) is 0.643. The van der Waals surface area contributed by atoms with E-state index >= 15 is 0 Å². The number of hydrogen-bond donors (Lipinski definition) is 2. The number of aromatic nitrogens is 1. The van der Waals surface area contributed by atoms with Gasteiger partial charge in [0.2, 0.25) is 0 Å². The SMILES string of the molecule is CCC(CCNC(=O)c1sc(C)nc1C)CCC(=O)O. The highest BCUT2D eigenvalue weighted by Crippen LogP contribution is 2.18. The molecule has 0 aromatic carbocycles. The van der Waals surface area contributed by atoms with Crippen molar-refractivity contribution in [2.75, 3.05) is 6.54 Å². The molecule has 1 heterocycles. The summed E-state index contributed by atoms with van der Waals surface area (Å²) in [6, 6.07) is 0. The van der Waals surface area contributed by atoms with Crippen LogP contribution in [0.4, 0.5) is 0 Å². The molecule has 0 saturated heterocycles. The molecule has 1 atom stereocenters. The highest BCUT2D eigenvalue weighted by atomic mass is 32.1. The van der Waals surface area contributed by atoms with Crippen molar-refractivity contribution < 1.29 is 14.7 Å². The fourth-order valence-electron chi connectivity index (χ4n) is 2.09. The number of carboxylic acid groups (broad SMARTS) is 1. The maximum atomic E-state index is 12.0. The van der Waals surface area contributed by atoms with Crippen molar-refractivity contribution in [3.8, 4) is 0 Å². The number of aliphatic carboxylic acids is 1. The van der Waals surface area contributed by atoms with E-state index in [-0.39, 0.29) is 12.3 Å². The minimum absolute atomic E-state index is 0.0822. The largest absolute Gasteiger partial charge is 0.481 e. The summed E-state index contributed by atoms with van der Waals surface area (Å²) in [5.41, 5.74) is 0.767. The monoisotopic (exact) mass is 298 g/mol. The van der Waals surface area contributed by atoms with Gasteiger partial charge in [0.05, 0.1) is 10.7 Å². The van der Waals surface area contributed by atoms with Crippen molar-refractivity contribution in [2.45, 2.75) is 46.5 Å². The summed E-state index contributed by atoms with van der Waals surface area (Å²) in [6.45, 7) is 6.34. The van der Waals surface area contributed by atoms with E-state index in [0.29, 0.717) is 23.8 Å². The van der Waals surface area contributed by atoms with Crippen LogP contribution in [0.5, 0.6) is 0 Å². The van der Waals surface area contributed by atoms with Crippen molar-refractivity contribution in [3.63, 3.8) is 0 Å². The summed E-state index contributed by atoms with van der Waals surface area (Å²) in [5.74, 6) is -0.500. The third-order valence-electron chi connectivity index (χ3n) is 3.29. The van der Waals surface area contributed by atoms with Crippen LogP contribution in [0.3, 0.4) is 0 Å². The van der Waals surface area contributed by atoms with E-state index in [4.69, 9.17) is 5.11 Å². The molecule has 0 bridgehead atoms. The molecule has 1 aromatic heterocycles. The van der Waals surface area contributed by atoms with E-state index < -0.39 is 5.97 Å². The lowest BCUT2D eigenvalue weighted by Gasteiger charge is -2.13. The number of carboxylic acids is 1. The highest BCUT2D eigenvalue weighted by Gasteiger charge is 2.14. The zero-order valence-corrected chi connectivity index (χ0v) is 13.0. The predicted molar refractivity (Wildman–Crippen MR) is 79.2 cm³/mol. The number of amides is 1. The summed E-state index contributed by atoms with van der Waals surface area (Å²) in [5, 5.41) is 12.5. The first-order valence-electron chi connectivity index (χ1n) is 6.88. The summed E-state index contributed by atoms with van der Waals surface area (Å²) in [6.07, 6.45) is 2.61. The molecule has 0 saturated carbocycles. The van der Waals surface area contributed by atoms with Gasteiger partial charge in [0, 0.05) is 13.0 Å². The van der Waals surface area contributed by atoms with Gasteiger partial charge < -0.3 is 10.4 Å². The Morgan fingerprint density at radius 1 is 1.35 bits per heavy atom. The molecule has 0 fully saturated rings. The zero-order valence-electron chi connectivity index (χ0n) is 12.2. The maximum Gasteiger partial charge on any atom is 0.303 e. The van der Waals surface area contributed by atoms with E-state index in [2.05, 4.69) is 10.3 Å². The molecule has 5 nitrogen and oxygen atoms in total. The van der Waals surface area contributed by atoms with Crippen molar-refractivity contribution in [3.05, 3.63) is 15.6 Å².